The summed E-state index contributed by atoms with van der Waals surface area (Å²) < 4.78 is 40.3. The first-order valence-electron chi connectivity index (χ1n) is 8.60. The van der Waals surface area contributed by atoms with E-state index in [0.29, 0.717) is 18.2 Å². The van der Waals surface area contributed by atoms with E-state index in [1.54, 1.807) is 6.92 Å². The monoisotopic (exact) mass is 384 g/mol. The van der Waals surface area contributed by atoms with Crippen LogP contribution in [0.4, 0.5) is 30.5 Å². The number of anilines is 3. The highest BCUT2D eigenvalue weighted by atomic mass is 19.2. The fourth-order valence-electron chi connectivity index (χ4n) is 3.14. The molecular formula is C20H15F3N4O. The SMILES string of the molecule is Cc1cc(C(=O)Nc2ccc(F)c(F)c2F)nc(N2CCc3ccccc32)n1. The van der Waals surface area contributed by atoms with E-state index in [4.69, 9.17) is 0 Å². The van der Waals surface area contributed by atoms with Crippen LogP contribution >= 0.6 is 0 Å². The van der Waals surface area contributed by atoms with Gasteiger partial charge in [0.15, 0.2) is 17.5 Å². The van der Waals surface area contributed by atoms with Gasteiger partial charge < -0.3 is 10.2 Å². The number of aryl methyl sites for hydroxylation is 1. The Morgan fingerprint density at radius 1 is 1.07 bits per heavy atom. The number of fused-ring (bicyclic) bond motifs is 1. The molecule has 2 heterocycles. The Morgan fingerprint density at radius 3 is 2.68 bits per heavy atom. The van der Waals surface area contributed by atoms with Gasteiger partial charge in [-0.1, -0.05) is 18.2 Å². The molecular weight excluding hydrogens is 369 g/mol. The molecule has 5 nitrogen and oxygen atoms in total. The minimum atomic E-state index is -1.65. The topological polar surface area (TPSA) is 58.1 Å². The maximum atomic E-state index is 13.8. The smallest absolute Gasteiger partial charge is 0.274 e. The summed E-state index contributed by atoms with van der Waals surface area (Å²) in [4.78, 5) is 23.1. The van der Waals surface area contributed by atoms with Crippen LogP contribution in [0.25, 0.3) is 0 Å². The average Bonchev–Trinajstić information content (AvgIpc) is 3.12. The van der Waals surface area contributed by atoms with Gasteiger partial charge in [0.2, 0.25) is 5.95 Å². The van der Waals surface area contributed by atoms with E-state index < -0.39 is 29.0 Å². The van der Waals surface area contributed by atoms with Crippen molar-refractivity contribution < 1.29 is 18.0 Å². The molecule has 0 fully saturated rings. The molecule has 0 saturated carbocycles. The molecule has 0 unspecified atom stereocenters. The first kappa shape index (κ1) is 18.0. The van der Waals surface area contributed by atoms with E-state index in [1.807, 2.05) is 29.2 Å². The number of halogens is 3. The number of carbonyl (C=O) groups is 1. The number of para-hydroxylation sites is 1. The lowest BCUT2D eigenvalue weighted by atomic mass is 10.2. The molecule has 0 aliphatic carbocycles. The summed E-state index contributed by atoms with van der Waals surface area (Å²) in [5, 5.41) is 2.23. The number of benzene rings is 2. The highest BCUT2D eigenvalue weighted by molar-refractivity contribution is 6.03. The van der Waals surface area contributed by atoms with E-state index in [1.165, 1.54) is 6.07 Å². The highest BCUT2D eigenvalue weighted by Crippen LogP contribution is 2.32. The first-order valence-corrected chi connectivity index (χ1v) is 8.60. The summed E-state index contributed by atoms with van der Waals surface area (Å²) in [5.41, 5.74) is 2.20. The third-order valence-corrected chi connectivity index (χ3v) is 4.49. The summed E-state index contributed by atoms with van der Waals surface area (Å²) in [5.74, 6) is -4.84. The van der Waals surface area contributed by atoms with Crippen molar-refractivity contribution in [3.63, 3.8) is 0 Å². The molecule has 3 aromatic rings. The van der Waals surface area contributed by atoms with Crippen molar-refractivity contribution >= 4 is 23.2 Å². The maximum Gasteiger partial charge on any atom is 0.274 e. The van der Waals surface area contributed by atoms with E-state index in [0.717, 1.165) is 29.8 Å². The van der Waals surface area contributed by atoms with Crippen LogP contribution in [0.1, 0.15) is 21.7 Å². The van der Waals surface area contributed by atoms with Gasteiger partial charge in [-0.25, -0.2) is 23.1 Å². The Bertz CT molecular complexity index is 1090. The van der Waals surface area contributed by atoms with Gasteiger partial charge in [0.1, 0.15) is 5.69 Å². The average molecular weight is 384 g/mol. The molecule has 0 bridgehead atoms. The van der Waals surface area contributed by atoms with Gasteiger partial charge in [-0.3, -0.25) is 4.79 Å². The number of rotatable bonds is 3. The van der Waals surface area contributed by atoms with Crippen LogP contribution in [0.15, 0.2) is 42.5 Å². The van der Waals surface area contributed by atoms with E-state index >= 15 is 0 Å². The Morgan fingerprint density at radius 2 is 1.86 bits per heavy atom. The Labute approximate surface area is 158 Å². The Hall–Kier alpha value is -3.42. The molecule has 28 heavy (non-hydrogen) atoms. The Kier molecular flexibility index (Phi) is 4.46. The molecule has 0 spiro atoms. The molecule has 1 amide bonds. The van der Waals surface area contributed by atoms with Crippen molar-refractivity contribution in [3.05, 3.63) is 76.9 Å². The van der Waals surface area contributed by atoms with Crippen molar-refractivity contribution in [2.45, 2.75) is 13.3 Å². The lowest BCUT2D eigenvalue weighted by Gasteiger charge is -2.18. The van der Waals surface area contributed by atoms with Gasteiger partial charge in [0.05, 0.1) is 5.69 Å². The molecule has 0 radical (unpaired) electrons. The summed E-state index contributed by atoms with van der Waals surface area (Å²) in [6.45, 7) is 2.38. The molecule has 1 aromatic heterocycles. The normalized spacial score (nSPS) is 12.8. The minimum Gasteiger partial charge on any atom is -0.318 e. The lowest BCUT2D eigenvalue weighted by molar-refractivity contribution is 0.102. The van der Waals surface area contributed by atoms with Crippen LogP contribution in [0.3, 0.4) is 0 Å². The largest absolute Gasteiger partial charge is 0.318 e. The second-order valence-electron chi connectivity index (χ2n) is 6.40. The van der Waals surface area contributed by atoms with E-state index in [9.17, 15) is 18.0 Å². The summed E-state index contributed by atoms with van der Waals surface area (Å²) >= 11 is 0. The maximum absolute atomic E-state index is 13.8. The van der Waals surface area contributed by atoms with Crippen LogP contribution < -0.4 is 10.2 Å². The number of carbonyl (C=O) groups excluding carboxylic acids is 1. The van der Waals surface area contributed by atoms with Crippen LogP contribution in [-0.4, -0.2) is 22.4 Å². The highest BCUT2D eigenvalue weighted by Gasteiger charge is 2.24. The predicted molar refractivity (Wildman–Crippen MR) is 98.2 cm³/mol. The lowest BCUT2D eigenvalue weighted by Crippen LogP contribution is -2.21. The van der Waals surface area contributed by atoms with Crippen molar-refractivity contribution in [2.24, 2.45) is 0 Å². The zero-order valence-electron chi connectivity index (χ0n) is 14.8. The quantitative estimate of drug-likeness (QED) is 0.690. The third kappa shape index (κ3) is 3.17. The van der Waals surface area contributed by atoms with Crippen LogP contribution in [-0.2, 0) is 6.42 Å². The number of amides is 1. The molecule has 1 N–H and O–H groups in total. The van der Waals surface area contributed by atoms with E-state index in [2.05, 4.69) is 15.3 Å². The number of hydrogen-bond acceptors (Lipinski definition) is 4. The van der Waals surface area contributed by atoms with Gasteiger partial charge in [-0.05, 0) is 43.2 Å². The fourth-order valence-corrected chi connectivity index (χ4v) is 3.14. The van der Waals surface area contributed by atoms with Crippen molar-refractivity contribution in [1.29, 1.82) is 0 Å². The van der Waals surface area contributed by atoms with Gasteiger partial charge >= 0.3 is 0 Å². The van der Waals surface area contributed by atoms with Crippen molar-refractivity contribution in [2.75, 3.05) is 16.8 Å². The number of hydrogen-bond donors (Lipinski definition) is 1. The molecule has 1 aliphatic rings. The summed E-state index contributed by atoms with van der Waals surface area (Å²) in [6.07, 6.45) is 0.828. The van der Waals surface area contributed by atoms with Gasteiger partial charge in [-0.2, -0.15) is 0 Å². The number of nitrogens with one attached hydrogen (secondary N) is 1. The molecule has 2 aromatic carbocycles. The summed E-state index contributed by atoms with van der Waals surface area (Å²) in [7, 11) is 0. The number of nitrogens with zero attached hydrogens (tertiary/aromatic N) is 3. The van der Waals surface area contributed by atoms with Gasteiger partial charge in [0.25, 0.3) is 5.91 Å². The molecule has 0 saturated heterocycles. The molecule has 8 heteroatoms. The van der Waals surface area contributed by atoms with Crippen LogP contribution in [0, 0.1) is 24.4 Å². The fraction of sp³-hybridized carbons (Fsp3) is 0.150. The number of aromatic nitrogens is 2. The molecule has 0 atom stereocenters. The van der Waals surface area contributed by atoms with Crippen LogP contribution in [0.5, 0.6) is 0 Å². The molecule has 4 rings (SSSR count). The Balaban J connectivity index is 1.65. The summed E-state index contributed by atoms with van der Waals surface area (Å²) in [6, 6.07) is 11.0. The van der Waals surface area contributed by atoms with E-state index in [-0.39, 0.29) is 5.69 Å². The second-order valence-corrected chi connectivity index (χ2v) is 6.40. The van der Waals surface area contributed by atoms with Crippen molar-refractivity contribution in [3.8, 4) is 0 Å². The zero-order valence-corrected chi connectivity index (χ0v) is 14.8. The first-order chi connectivity index (χ1) is 13.4. The molecule has 142 valence electrons. The third-order valence-electron chi connectivity index (χ3n) is 4.49. The standard InChI is InChI=1S/C20H15F3N4O/c1-11-10-15(19(28)25-14-7-6-13(21)17(22)18(14)23)26-20(24-11)27-9-8-12-4-2-3-5-16(12)27/h2-7,10H,8-9H2,1H3,(H,25,28). The van der Waals surface area contributed by atoms with Gasteiger partial charge in [-0.15, -0.1) is 0 Å². The molecule has 1 aliphatic heterocycles. The second kappa shape index (κ2) is 6.95. The minimum absolute atomic E-state index is 0.00369. The predicted octanol–water partition coefficient (Wildman–Crippen LogP) is 4.15. The van der Waals surface area contributed by atoms with Crippen molar-refractivity contribution in [1.82, 2.24) is 9.97 Å². The van der Waals surface area contributed by atoms with Crippen LogP contribution in [0.2, 0.25) is 0 Å². The zero-order chi connectivity index (χ0) is 19.8. The van der Waals surface area contributed by atoms with Gasteiger partial charge in [0, 0.05) is 17.9 Å².